The summed E-state index contributed by atoms with van der Waals surface area (Å²) in [5.41, 5.74) is 13.2. The van der Waals surface area contributed by atoms with Crippen LogP contribution in [0.25, 0.3) is 10.9 Å². The number of fused-ring (bicyclic) bond motifs is 1. The summed E-state index contributed by atoms with van der Waals surface area (Å²) in [6, 6.07) is 6.72. The fourth-order valence-corrected chi connectivity index (χ4v) is 4.33. The van der Waals surface area contributed by atoms with E-state index in [-0.39, 0.29) is 29.3 Å². The second-order valence-electron chi connectivity index (χ2n) is 8.97. The lowest BCUT2D eigenvalue weighted by molar-refractivity contribution is 0.100. The van der Waals surface area contributed by atoms with Gasteiger partial charge in [-0.15, -0.1) is 0 Å². The molecule has 168 valence electrons. The lowest BCUT2D eigenvalue weighted by atomic mass is 9.91. The summed E-state index contributed by atoms with van der Waals surface area (Å²) in [6.45, 7) is 0.932. The summed E-state index contributed by atoms with van der Waals surface area (Å²) in [6.07, 6.45) is 8.40. The topological polar surface area (TPSA) is 124 Å². The molecule has 0 spiro atoms. The van der Waals surface area contributed by atoms with Gasteiger partial charge in [0.25, 0.3) is 5.91 Å². The highest BCUT2D eigenvalue weighted by Crippen LogP contribution is 2.31. The first-order valence-corrected chi connectivity index (χ1v) is 11.2. The van der Waals surface area contributed by atoms with Crippen molar-refractivity contribution in [2.24, 2.45) is 17.4 Å². The number of nitrogens with two attached hydrogens (primary N) is 2. The van der Waals surface area contributed by atoms with Gasteiger partial charge in [-0.1, -0.05) is 12.8 Å². The van der Waals surface area contributed by atoms with Gasteiger partial charge in [0.1, 0.15) is 5.82 Å². The molecule has 2 saturated carbocycles. The van der Waals surface area contributed by atoms with Crippen molar-refractivity contribution < 1.29 is 9.18 Å². The van der Waals surface area contributed by atoms with Crippen molar-refractivity contribution in [3.05, 3.63) is 41.8 Å². The number of hydrogen-bond donors (Lipinski definition) is 4. The van der Waals surface area contributed by atoms with E-state index in [4.69, 9.17) is 11.5 Å². The quantitative estimate of drug-likeness (QED) is 0.448. The van der Waals surface area contributed by atoms with Crippen molar-refractivity contribution in [2.75, 3.05) is 10.6 Å². The van der Waals surface area contributed by atoms with Gasteiger partial charge >= 0.3 is 0 Å². The molecule has 2 unspecified atom stereocenters. The van der Waals surface area contributed by atoms with E-state index in [0.717, 1.165) is 55.1 Å². The van der Waals surface area contributed by atoms with E-state index >= 15 is 0 Å². The number of aromatic nitrogens is 3. The molecule has 2 atom stereocenters. The number of amides is 1. The number of pyridine rings is 1. The molecule has 2 aromatic heterocycles. The summed E-state index contributed by atoms with van der Waals surface area (Å²) in [7, 11) is 0. The van der Waals surface area contributed by atoms with Crippen molar-refractivity contribution >= 4 is 34.1 Å². The largest absolute Gasteiger partial charge is 0.365 e. The van der Waals surface area contributed by atoms with Crippen molar-refractivity contribution in [2.45, 2.75) is 57.2 Å². The molecule has 32 heavy (non-hydrogen) atoms. The normalized spacial score (nSPS) is 20.9. The summed E-state index contributed by atoms with van der Waals surface area (Å²) in [4.78, 5) is 16.3. The van der Waals surface area contributed by atoms with Crippen LogP contribution in [0.15, 0.2) is 30.5 Å². The number of benzene rings is 1. The van der Waals surface area contributed by atoms with Gasteiger partial charge in [-0.25, -0.2) is 9.37 Å². The number of nitrogens with one attached hydrogen (secondary N) is 2. The standard InChI is InChI=1S/C23H28FN7O/c24-17-10-16(21(26)32)22(29-23(17)28-19-4-2-1-3-18(19)25)27-15-8-7-14-12-31(11-13-5-6-13)30-20(14)9-15/h7-10,12-13,18-19H,1-6,11,25H2,(H2,26,32)(H2,27,28,29). The predicted molar refractivity (Wildman–Crippen MR) is 122 cm³/mol. The molecule has 0 radical (unpaired) electrons. The lowest BCUT2D eigenvalue weighted by Crippen LogP contribution is -2.43. The van der Waals surface area contributed by atoms with Crippen LogP contribution in [0.4, 0.5) is 21.7 Å². The Hall–Kier alpha value is -3.20. The van der Waals surface area contributed by atoms with Crippen LogP contribution < -0.4 is 22.1 Å². The first-order chi connectivity index (χ1) is 15.5. The van der Waals surface area contributed by atoms with Crippen LogP contribution in [0, 0.1) is 11.7 Å². The van der Waals surface area contributed by atoms with Gasteiger partial charge in [0.2, 0.25) is 0 Å². The Morgan fingerprint density at radius 3 is 2.72 bits per heavy atom. The highest BCUT2D eigenvalue weighted by Gasteiger charge is 2.25. The third-order valence-electron chi connectivity index (χ3n) is 6.34. The zero-order valence-electron chi connectivity index (χ0n) is 17.9. The minimum atomic E-state index is -0.755. The summed E-state index contributed by atoms with van der Waals surface area (Å²) >= 11 is 0. The van der Waals surface area contributed by atoms with E-state index in [1.807, 2.05) is 29.1 Å². The average Bonchev–Trinajstić information content (AvgIpc) is 3.48. The molecule has 6 N–H and O–H groups in total. The predicted octanol–water partition coefficient (Wildman–Crippen LogP) is 3.50. The van der Waals surface area contributed by atoms with Crippen molar-refractivity contribution in [1.29, 1.82) is 0 Å². The molecule has 8 nitrogen and oxygen atoms in total. The van der Waals surface area contributed by atoms with E-state index in [9.17, 15) is 9.18 Å². The van der Waals surface area contributed by atoms with E-state index in [2.05, 4.69) is 20.7 Å². The van der Waals surface area contributed by atoms with E-state index in [1.165, 1.54) is 12.8 Å². The van der Waals surface area contributed by atoms with Gasteiger partial charge in [-0.2, -0.15) is 5.10 Å². The monoisotopic (exact) mass is 437 g/mol. The maximum Gasteiger partial charge on any atom is 0.252 e. The fourth-order valence-electron chi connectivity index (χ4n) is 4.33. The van der Waals surface area contributed by atoms with Gasteiger partial charge in [0.05, 0.1) is 11.1 Å². The molecule has 0 bridgehead atoms. The first-order valence-electron chi connectivity index (χ1n) is 11.2. The molecule has 1 amide bonds. The third kappa shape index (κ3) is 4.38. The number of halogens is 1. The molecule has 0 saturated heterocycles. The highest BCUT2D eigenvalue weighted by molar-refractivity contribution is 5.99. The molecule has 9 heteroatoms. The highest BCUT2D eigenvalue weighted by atomic mass is 19.1. The SMILES string of the molecule is NC(=O)c1cc(F)c(NC2CCCCC2N)nc1Nc1ccc2cn(CC3CC3)nc2c1. The van der Waals surface area contributed by atoms with Crippen LogP contribution in [0.1, 0.15) is 48.9 Å². The molecule has 2 aliphatic rings. The number of nitrogens with zero attached hydrogens (tertiary/aromatic N) is 3. The van der Waals surface area contributed by atoms with E-state index in [0.29, 0.717) is 5.69 Å². The molecule has 3 aromatic rings. The summed E-state index contributed by atoms with van der Waals surface area (Å²) in [5, 5.41) is 11.9. The second kappa shape index (κ2) is 8.38. The smallest absolute Gasteiger partial charge is 0.252 e. The Morgan fingerprint density at radius 1 is 1.16 bits per heavy atom. The van der Waals surface area contributed by atoms with Crippen LogP contribution in [0.5, 0.6) is 0 Å². The Kier molecular flexibility index (Phi) is 5.42. The van der Waals surface area contributed by atoms with Crippen LogP contribution in [-0.4, -0.2) is 32.8 Å². The number of primary amides is 1. The number of carbonyl (C=O) groups excluding carboxylic acids is 1. The van der Waals surface area contributed by atoms with Crippen molar-refractivity contribution in [1.82, 2.24) is 14.8 Å². The maximum atomic E-state index is 14.7. The third-order valence-corrected chi connectivity index (χ3v) is 6.34. The van der Waals surface area contributed by atoms with E-state index < -0.39 is 11.7 Å². The number of rotatable bonds is 7. The molecule has 0 aliphatic heterocycles. The minimum Gasteiger partial charge on any atom is -0.365 e. The van der Waals surface area contributed by atoms with Gasteiger partial charge in [0, 0.05) is 35.9 Å². The average molecular weight is 438 g/mol. The van der Waals surface area contributed by atoms with Gasteiger partial charge < -0.3 is 22.1 Å². The van der Waals surface area contributed by atoms with Gasteiger partial charge in [0.15, 0.2) is 11.6 Å². The zero-order valence-corrected chi connectivity index (χ0v) is 17.9. The Bertz CT molecular complexity index is 1160. The van der Waals surface area contributed by atoms with Crippen molar-refractivity contribution in [3.8, 4) is 0 Å². The molecular formula is C23H28FN7O. The molecule has 2 fully saturated rings. The van der Waals surface area contributed by atoms with Crippen LogP contribution in [0.2, 0.25) is 0 Å². The summed E-state index contributed by atoms with van der Waals surface area (Å²) < 4.78 is 16.7. The molecule has 2 heterocycles. The molecular weight excluding hydrogens is 409 g/mol. The van der Waals surface area contributed by atoms with Crippen LogP contribution in [0.3, 0.4) is 0 Å². The van der Waals surface area contributed by atoms with E-state index in [1.54, 1.807) is 0 Å². The molecule has 2 aliphatic carbocycles. The Balaban J connectivity index is 1.42. The zero-order chi connectivity index (χ0) is 22.2. The lowest BCUT2D eigenvalue weighted by Gasteiger charge is -2.30. The van der Waals surface area contributed by atoms with Gasteiger partial charge in [-0.3, -0.25) is 9.48 Å². The fraction of sp³-hybridized carbons (Fsp3) is 0.435. The Morgan fingerprint density at radius 2 is 1.97 bits per heavy atom. The molecule has 5 rings (SSSR count). The van der Waals surface area contributed by atoms with Crippen LogP contribution >= 0.6 is 0 Å². The summed E-state index contributed by atoms with van der Waals surface area (Å²) in [5.74, 6) is -0.394. The van der Waals surface area contributed by atoms with Gasteiger partial charge in [-0.05, 0) is 55.9 Å². The number of hydrogen-bond acceptors (Lipinski definition) is 6. The second-order valence-corrected chi connectivity index (χ2v) is 8.97. The van der Waals surface area contributed by atoms with Crippen LogP contribution in [-0.2, 0) is 6.54 Å². The molecule has 1 aromatic carbocycles. The maximum absolute atomic E-state index is 14.7. The number of carbonyl (C=O) groups is 1. The number of anilines is 3. The van der Waals surface area contributed by atoms with Crippen molar-refractivity contribution in [3.63, 3.8) is 0 Å². The first kappa shape index (κ1) is 20.7. The Labute approximate surface area is 185 Å². The minimum absolute atomic E-state index is 0.0136.